The van der Waals surface area contributed by atoms with Crippen LogP contribution >= 0.6 is 12.2 Å². The van der Waals surface area contributed by atoms with E-state index in [1.54, 1.807) is 18.2 Å². The molecule has 38 heavy (non-hydrogen) atoms. The van der Waals surface area contributed by atoms with Crippen LogP contribution in [0.2, 0.25) is 0 Å². The van der Waals surface area contributed by atoms with Gasteiger partial charge in [-0.2, -0.15) is 0 Å². The van der Waals surface area contributed by atoms with E-state index in [4.69, 9.17) is 12.2 Å². The topological polar surface area (TPSA) is 45.6 Å². The van der Waals surface area contributed by atoms with Crippen molar-refractivity contribution in [1.29, 1.82) is 0 Å². The van der Waals surface area contributed by atoms with Crippen molar-refractivity contribution >= 4 is 46.6 Å². The molecule has 0 radical (unpaired) electrons. The van der Waals surface area contributed by atoms with Gasteiger partial charge in [0, 0.05) is 17.1 Å². The number of aromatic nitrogens is 1. The molecule has 190 valence electrons. The first kappa shape index (κ1) is 25.3. The largest absolute Gasteiger partial charge is 0.318 e. The van der Waals surface area contributed by atoms with Gasteiger partial charge < -0.3 is 4.57 Å². The van der Waals surface area contributed by atoms with Crippen LogP contribution in [0.25, 0.3) is 11.8 Å². The second-order valence-corrected chi connectivity index (χ2v) is 9.70. The highest BCUT2D eigenvalue weighted by molar-refractivity contribution is 7.81. The van der Waals surface area contributed by atoms with E-state index in [0.717, 1.165) is 28.2 Å². The lowest BCUT2D eigenvalue weighted by Gasteiger charge is -2.37. The first-order valence-corrected chi connectivity index (χ1v) is 12.6. The number of aryl methyl sites for hydroxylation is 3. The zero-order chi connectivity index (χ0) is 27.1. The Morgan fingerprint density at radius 2 is 1.24 bits per heavy atom. The molecule has 5 rings (SSSR count). The van der Waals surface area contributed by atoms with Crippen LogP contribution < -0.4 is 9.80 Å². The molecule has 0 bridgehead atoms. The molecule has 1 aliphatic rings. The van der Waals surface area contributed by atoms with Crippen LogP contribution in [0.1, 0.15) is 28.1 Å². The first-order valence-electron chi connectivity index (χ1n) is 12.2. The van der Waals surface area contributed by atoms with Crippen molar-refractivity contribution in [2.75, 3.05) is 9.80 Å². The Morgan fingerprint density at radius 3 is 1.74 bits per heavy atom. The molecule has 4 aromatic rings. The third-order valence-electron chi connectivity index (χ3n) is 6.82. The summed E-state index contributed by atoms with van der Waals surface area (Å²) < 4.78 is 15.5. The second-order valence-electron chi connectivity index (χ2n) is 9.33. The molecule has 1 aliphatic heterocycles. The lowest BCUT2D eigenvalue weighted by Crippen LogP contribution is -2.57. The van der Waals surface area contributed by atoms with Crippen LogP contribution in [0.5, 0.6) is 0 Å². The summed E-state index contributed by atoms with van der Waals surface area (Å²) in [5.74, 6) is -1.28. The molecule has 2 heterocycles. The van der Waals surface area contributed by atoms with Crippen LogP contribution in [0.3, 0.4) is 0 Å². The fraction of sp³-hybridized carbons (Fsp3) is 0.129. The monoisotopic (exact) mass is 523 g/mol. The normalized spacial score (nSPS) is 13.9. The van der Waals surface area contributed by atoms with E-state index in [-0.39, 0.29) is 16.5 Å². The van der Waals surface area contributed by atoms with Gasteiger partial charge in [0.05, 0.1) is 11.4 Å². The minimum absolute atomic E-state index is 0.00413. The lowest BCUT2D eigenvalue weighted by atomic mass is 10.0. The Labute approximate surface area is 226 Å². The van der Waals surface area contributed by atoms with Crippen molar-refractivity contribution in [3.8, 4) is 5.69 Å². The summed E-state index contributed by atoms with van der Waals surface area (Å²) in [6, 6.07) is 23.0. The van der Waals surface area contributed by atoms with Crippen molar-refractivity contribution in [3.63, 3.8) is 0 Å². The first-order chi connectivity index (χ1) is 18.2. The number of carbonyl (C=O) groups is 2. The number of carbonyl (C=O) groups excluding carboxylic acids is 2. The number of rotatable bonds is 4. The summed E-state index contributed by atoms with van der Waals surface area (Å²) in [6.07, 6.45) is 1.63. The molecule has 1 fully saturated rings. The van der Waals surface area contributed by atoms with Crippen LogP contribution in [0.4, 0.5) is 15.8 Å². The summed E-state index contributed by atoms with van der Waals surface area (Å²) in [7, 11) is 0. The van der Waals surface area contributed by atoms with E-state index >= 15 is 0 Å². The Kier molecular flexibility index (Phi) is 6.55. The van der Waals surface area contributed by atoms with Gasteiger partial charge in [0.2, 0.25) is 0 Å². The SMILES string of the molecule is Cc1ccccc1N1C(=O)C(=Cc2cc(C)n(-c3ccc(F)cc3)c2C)C(=O)N(c2ccccc2C)C1=S. The summed E-state index contributed by atoms with van der Waals surface area (Å²) in [4.78, 5) is 30.8. The number of hydrogen-bond acceptors (Lipinski definition) is 3. The van der Waals surface area contributed by atoms with E-state index < -0.39 is 11.8 Å². The maximum Gasteiger partial charge on any atom is 0.270 e. The lowest BCUT2D eigenvalue weighted by molar-refractivity contribution is -0.120. The Hall–Kier alpha value is -4.36. The summed E-state index contributed by atoms with van der Waals surface area (Å²) in [5, 5.41) is 0.109. The van der Waals surface area contributed by atoms with Crippen molar-refractivity contribution in [3.05, 3.63) is 118 Å². The van der Waals surface area contributed by atoms with Gasteiger partial charge in [-0.1, -0.05) is 36.4 Å². The quantitative estimate of drug-likeness (QED) is 0.172. The smallest absolute Gasteiger partial charge is 0.270 e. The van der Waals surface area contributed by atoms with Crippen LogP contribution in [-0.2, 0) is 9.59 Å². The average Bonchev–Trinajstić information content (AvgIpc) is 3.17. The van der Waals surface area contributed by atoms with Gasteiger partial charge in [-0.05, 0) is 105 Å². The molecule has 0 spiro atoms. The molecule has 0 unspecified atom stereocenters. The minimum atomic E-state index is -0.481. The van der Waals surface area contributed by atoms with E-state index in [0.29, 0.717) is 16.9 Å². The van der Waals surface area contributed by atoms with E-state index in [1.165, 1.54) is 21.9 Å². The van der Waals surface area contributed by atoms with E-state index in [9.17, 15) is 14.0 Å². The molecule has 5 nitrogen and oxygen atoms in total. The zero-order valence-electron chi connectivity index (χ0n) is 21.5. The van der Waals surface area contributed by atoms with Crippen LogP contribution in [0.15, 0.2) is 84.4 Å². The number of anilines is 2. The highest BCUT2D eigenvalue weighted by Gasteiger charge is 2.42. The van der Waals surface area contributed by atoms with Gasteiger partial charge in [-0.25, -0.2) is 4.39 Å². The number of para-hydroxylation sites is 2. The molecule has 0 aliphatic carbocycles. The number of hydrogen-bond donors (Lipinski definition) is 0. The molecule has 2 amide bonds. The molecule has 1 saturated heterocycles. The number of thiocarbonyl (C=S) groups is 1. The van der Waals surface area contributed by atoms with Crippen LogP contribution in [-0.4, -0.2) is 21.5 Å². The maximum absolute atomic E-state index is 13.9. The standard InChI is InChI=1S/C31H26FN3O2S/c1-19-9-5-7-11-27(19)34-29(36)26(30(37)35(31(34)38)28-12-8-6-10-20(28)2)18-23-17-21(3)33(22(23)4)25-15-13-24(32)14-16-25/h5-18H,1-4H3. The maximum atomic E-state index is 13.9. The Morgan fingerprint density at radius 1 is 0.737 bits per heavy atom. The van der Waals surface area contributed by atoms with Gasteiger partial charge in [0.25, 0.3) is 11.8 Å². The number of benzene rings is 3. The highest BCUT2D eigenvalue weighted by Crippen LogP contribution is 2.33. The molecule has 1 aromatic heterocycles. The van der Waals surface area contributed by atoms with Gasteiger partial charge >= 0.3 is 0 Å². The van der Waals surface area contributed by atoms with Crippen molar-refractivity contribution < 1.29 is 14.0 Å². The zero-order valence-corrected chi connectivity index (χ0v) is 22.3. The summed E-state index contributed by atoms with van der Waals surface area (Å²) >= 11 is 5.78. The molecule has 0 saturated carbocycles. The Bertz CT molecular complexity index is 1570. The number of nitrogens with zero attached hydrogens (tertiary/aromatic N) is 3. The Balaban J connectivity index is 1.68. The van der Waals surface area contributed by atoms with Crippen molar-refractivity contribution in [2.24, 2.45) is 0 Å². The predicted octanol–water partition coefficient (Wildman–Crippen LogP) is 6.60. The molecule has 7 heteroatoms. The third kappa shape index (κ3) is 4.25. The van der Waals surface area contributed by atoms with Crippen molar-refractivity contribution in [1.82, 2.24) is 4.57 Å². The van der Waals surface area contributed by atoms with E-state index in [1.807, 2.05) is 86.9 Å². The van der Waals surface area contributed by atoms with Gasteiger partial charge in [-0.15, -0.1) is 0 Å². The van der Waals surface area contributed by atoms with Gasteiger partial charge in [0.1, 0.15) is 11.4 Å². The fourth-order valence-electron chi connectivity index (χ4n) is 4.86. The predicted molar refractivity (Wildman–Crippen MR) is 153 cm³/mol. The fourth-order valence-corrected chi connectivity index (χ4v) is 5.22. The molecular weight excluding hydrogens is 497 g/mol. The van der Waals surface area contributed by atoms with Gasteiger partial charge in [0.15, 0.2) is 5.11 Å². The average molecular weight is 524 g/mol. The minimum Gasteiger partial charge on any atom is -0.318 e. The number of halogens is 1. The van der Waals surface area contributed by atoms with Crippen molar-refractivity contribution in [2.45, 2.75) is 27.7 Å². The summed E-state index contributed by atoms with van der Waals surface area (Å²) in [5.41, 5.74) is 6.17. The number of amides is 2. The second kappa shape index (κ2) is 9.84. The third-order valence-corrected chi connectivity index (χ3v) is 7.18. The molecule has 0 N–H and O–H groups in total. The van der Waals surface area contributed by atoms with Crippen LogP contribution in [0, 0.1) is 33.5 Å². The molecule has 0 atom stereocenters. The van der Waals surface area contributed by atoms with E-state index in [2.05, 4.69) is 0 Å². The molecular formula is C31H26FN3O2S. The molecule has 3 aromatic carbocycles. The van der Waals surface area contributed by atoms with Gasteiger partial charge in [-0.3, -0.25) is 19.4 Å². The highest BCUT2D eigenvalue weighted by atomic mass is 32.1. The summed E-state index contributed by atoms with van der Waals surface area (Å²) in [6.45, 7) is 7.64.